The van der Waals surface area contributed by atoms with E-state index in [0.29, 0.717) is 0 Å². The van der Waals surface area contributed by atoms with E-state index in [4.69, 9.17) is 0 Å². The summed E-state index contributed by atoms with van der Waals surface area (Å²) in [7, 11) is 2.10. The lowest BCUT2D eigenvalue weighted by Gasteiger charge is -2.28. The van der Waals surface area contributed by atoms with Crippen molar-refractivity contribution < 1.29 is 0 Å². The zero-order chi connectivity index (χ0) is 10.5. The van der Waals surface area contributed by atoms with Crippen LogP contribution in [0, 0.1) is 11.8 Å². The summed E-state index contributed by atoms with van der Waals surface area (Å²) in [4.78, 5) is 0. The van der Waals surface area contributed by atoms with Crippen LogP contribution in [-0.2, 0) is 0 Å². The monoisotopic (exact) mass is 207 g/mol. The Balaban J connectivity index is 2.00. The highest BCUT2D eigenvalue weighted by Gasteiger charge is 2.27. The number of allylic oxidation sites excluding steroid dienone is 1. The Morgan fingerprint density at radius 2 is 2.07 bits per heavy atom. The Kier molecular flexibility index (Phi) is 4.25. The van der Waals surface area contributed by atoms with Gasteiger partial charge in [0.15, 0.2) is 0 Å². The summed E-state index contributed by atoms with van der Waals surface area (Å²) >= 11 is 0. The molecular weight excluding hydrogens is 182 g/mol. The van der Waals surface area contributed by atoms with Gasteiger partial charge in [0.05, 0.1) is 0 Å². The maximum atomic E-state index is 3.40. The van der Waals surface area contributed by atoms with E-state index in [2.05, 4.69) is 18.4 Å². The molecule has 1 atom stereocenters. The van der Waals surface area contributed by atoms with Gasteiger partial charge < -0.3 is 5.32 Å². The fraction of sp³-hybridized carbons (Fsp3) is 0.857. The van der Waals surface area contributed by atoms with Gasteiger partial charge in [-0.3, -0.25) is 0 Å². The number of rotatable bonds is 4. The molecule has 2 rings (SSSR count). The third-order valence-corrected chi connectivity index (χ3v) is 4.20. The van der Waals surface area contributed by atoms with Gasteiger partial charge in [0.1, 0.15) is 0 Å². The van der Waals surface area contributed by atoms with Gasteiger partial charge >= 0.3 is 0 Å². The fourth-order valence-electron chi connectivity index (χ4n) is 3.38. The first-order chi connectivity index (χ1) is 7.42. The average Bonchev–Trinajstić information content (AvgIpc) is 2.80. The van der Waals surface area contributed by atoms with Crippen molar-refractivity contribution in [1.82, 2.24) is 5.32 Å². The van der Waals surface area contributed by atoms with Crippen LogP contribution in [0.4, 0.5) is 0 Å². The van der Waals surface area contributed by atoms with E-state index in [1.165, 1.54) is 57.9 Å². The first kappa shape index (κ1) is 11.2. The molecule has 0 aromatic carbocycles. The number of hydrogen-bond acceptors (Lipinski definition) is 1. The lowest BCUT2D eigenvalue weighted by Crippen LogP contribution is -2.27. The third kappa shape index (κ3) is 2.84. The quantitative estimate of drug-likeness (QED) is 0.696. The SMILES string of the molecule is CNCC(C1=CCCCC1)C1CCCC1. The Morgan fingerprint density at radius 3 is 2.67 bits per heavy atom. The van der Waals surface area contributed by atoms with Crippen molar-refractivity contribution in [2.75, 3.05) is 13.6 Å². The van der Waals surface area contributed by atoms with Gasteiger partial charge in [0.2, 0.25) is 0 Å². The maximum Gasteiger partial charge on any atom is 0.00165 e. The molecule has 1 nitrogen and oxygen atoms in total. The number of nitrogens with one attached hydrogen (secondary N) is 1. The molecule has 0 bridgehead atoms. The Bertz CT molecular complexity index is 213. The maximum absolute atomic E-state index is 3.40. The fourth-order valence-corrected chi connectivity index (χ4v) is 3.38. The third-order valence-electron chi connectivity index (χ3n) is 4.20. The van der Waals surface area contributed by atoms with Gasteiger partial charge in [-0.25, -0.2) is 0 Å². The first-order valence-electron chi connectivity index (χ1n) is 6.75. The molecule has 0 radical (unpaired) electrons. The molecule has 1 unspecified atom stereocenters. The van der Waals surface area contributed by atoms with Crippen LogP contribution in [0.25, 0.3) is 0 Å². The van der Waals surface area contributed by atoms with Gasteiger partial charge in [0.25, 0.3) is 0 Å². The van der Waals surface area contributed by atoms with E-state index in [1.807, 2.05) is 0 Å². The highest BCUT2D eigenvalue weighted by Crippen LogP contribution is 2.37. The summed E-state index contributed by atoms with van der Waals surface area (Å²) in [5.41, 5.74) is 1.78. The Morgan fingerprint density at radius 1 is 1.27 bits per heavy atom. The summed E-state index contributed by atoms with van der Waals surface area (Å²) in [6, 6.07) is 0. The zero-order valence-electron chi connectivity index (χ0n) is 10.1. The van der Waals surface area contributed by atoms with E-state index in [9.17, 15) is 0 Å². The van der Waals surface area contributed by atoms with Crippen LogP contribution in [0.2, 0.25) is 0 Å². The first-order valence-corrected chi connectivity index (χ1v) is 6.75. The molecule has 2 aliphatic carbocycles. The molecule has 0 spiro atoms. The summed E-state index contributed by atoms with van der Waals surface area (Å²) in [5.74, 6) is 1.85. The van der Waals surface area contributed by atoms with Crippen molar-refractivity contribution in [3.63, 3.8) is 0 Å². The highest BCUT2D eigenvalue weighted by atomic mass is 14.8. The van der Waals surface area contributed by atoms with Gasteiger partial charge in [-0.05, 0) is 57.4 Å². The molecule has 1 saturated carbocycles. The van der Waals surface area contributed by atoms with Crippen molar-refractivity contribution in [2.24, 2.45) is 11.8 Å². The minimum Gasteiger partial charge on any atom is -0.319 e. The summed E-state index contributed by atoms with van der Waals surface area (Å²) < 4.78 is 0. The molecule has 0 aliphatic heterocycles. The van der Waals surface area contributed by atoms with Gasteiger partial charge in [-0.15, -0.1) is 0 Å². The van der Waals surface area contributed by atoms with Crippen LogP contribution < -0.4 is 5.32 Å². The van der Waals surface area contributed by atoms with Crippen molar-refractivity contribution in [2.45, 2.75) is 51.4 Å². The predicted octanol–water partition coefficient (Wildman–Crippen LogP) is 3.51. The summed E-state index contributed by atoms with van der Waals surface area (Å²) in [6.07, 6.45) is 14.0. The molecular formula is C14H25N. The summed E-state index contributed by atoms with van der Waals surface area (Å²) in [5, 5.41) is 3.40. The van der Waals surface area contributed by atoms with Crippen LogP contribution in [-0.4, -0.2) is 13.6 Å². The largest absolute Gasteiger partial charge is 0.319 e. The molecule has 15 heavy (non-hydrogen) atoms. The molecule has 0 amide bonds. The highest BCUT2D eigenvalue weighted by molar-refractivity contribution is 5.12. The standard InChI is InChI=1S/C14H25N/c1-15-11-14(13-9-5-6-10-13)12-7-3-2-4-8-12/h7,13-15H,2-6,8-11H2,1H3. The van der Waals surface area contributed by atoms with E-state index in [-0.39, 0.29) is 0 Å². The summed E-state index contributed by atoms with van der Waals surface area (Å²) in [6.45, 7) is 1.20. The Labute approximate surface area is 94.3 Å². The van der Waals surface area contributed by atoms with Crippen molar-refractivity contribution in [3.8, 4) is 0 Å². The van der Waals surface area contributed by atoms with Crippen molar-refractivity contribution in [3.05, 3.63) is 11.6 Å². The van der Waals surface area contributed by atoms with Crippen molar-refractivity contribution in [1.29, 1.82) is 0 Å². The van der Waals surface area contributed by atoms with Crippen molar-refractivity contribution >= 4 is 0 Å². The van der Waals surface area contributed by atoms with E-state index in [1.54, 1.807) is 5.57 Å². The van der Waals surface area contributed by atoms with Crippen LogP contribution in [0.15, 0.2) is 11.6 Å². The lowest BCUT2D eigenvalue weighted by molar-refractivity contribution is 0.361. The van der Waals surface area contributed by atoms with E-state index in [0.717, 1.165) is 11.8 Å². The molecule has 0 saturated heterocycles. The molecule has 0 aromatic heterocycles. The molecule has 1 fully saturated rings. The second-order valence-electron chi connectivity index (χ2n) is 5.23. The van der Waals surface area contributed by atoms with Gasteiger partial charge in [0, 0.05) is 6.54 Å². The second-order valence-corrected chi connectivity index (χ2v) is 5.23. The normalized spacial score (nSPS) is 25.3. The van der Waals surface area contributed by atoms with E-state index >= 15 is 0 Å². The zero-order valence-corrected chi connectivity index (χ0v) is 10.1. The van der Waals surface area contributed by atoms with Crippen LogP contribution in [0.1, 0.15) is 51.4 Å². The molecule has 2 aliphatic rings. The lowest BCUT2D eigenvalue weighted by atomic mass is 9.80. The topological polar surface area (TPSA) is 12.0 Å². The predicted molar refractivity (Wildman–Crippen MR) is 65.9 cm³/mol. The van der Waals surface area contributed by atoms with Gasteiger partial charge in [-0.2, -0.15) is 0 Å². The van der Waals surface area contributed by atoms with Crippen LogP contribution >= 0.6 is 0 Å². The van der Waals surface area contributed by atoms with Crippen LogP contribution in [0.3, 0.4) is 0 Å². The Hall–Kier alpha value is -0.300. The molecule has 86 valence electrons. The minimum atomic E-state index is 0.859. The van der Waals surface area contributed by atoms with E-state index < -0.39 is 0 Å². The second kappa shape index (κ2) is 5.69. The van der Waals surface area contributed by atoms with Crippen LogP contribution in [0.5, 0.6) is 0 Å². The number of hydrogen-bond donors (Lipinski definition) is 1. The average molecular weight is 207 g/mol. The van der Waals surface area contributed by atoms with Gasteiger partial charge in [-0.1, -0.05) is 24.5 Å². The molecule has 0 heterocycles. The smallest absolute Gasteiger partial charge is 0.00165 e. The minimum absolute atomic E-state index is 0.859. The molecule has 1 N–H and O–H groups in total. The molecule has 1 heteroatoms. The molecule has 0 aromatic rings.